The highest BCUT2D eigenvalue weighted by Crippen LogP contribution is 2.42. The number of sulfonamides is 1. The van der Waals surface area contributed by atoms with Gasteiger partial charge in [0.05, 0.1) is 38.4 Å². The van der Waals surface area contributed by atoms with Gasteiger partial charge in [-0.05, 0) is 127 Å². The van der Waals surface area contributed by atoms with Crippen molar-refractivity contribution in [2.75, 3.05) is 9.73 Å². The lowest BCUT2D eigenvalue weighted by Crippen LogP contribution is -2.35. The molecule has 2 N–H and O–H groups in total. The summed E-state index contributed by atoms with van der Waals surface area (Å²) in [6, 6.07) is 45.0. The number of carbonyl (C=O) groups excluding carboxylic acids is 2. The molecular weight excluding hydrogens is 944 g/mol. The number of oxazole rings is 1. The molecule has 1 aliphatic heterocycles. The topological polar surface area (TPSA) is 207 Å². The number of pyridine rings is 1. The third-order valence-electron chi connectivity index (χ3n) is 11.7. The van der Waals surface area contributed by atoms with Crippen LogP contribution >= 0.6 is 11.8 Å². The Morgan fingerprint density at radius 1 is 0.817 bits per heavy atom. The van der Waals surface area contributed by atoms with Gasteiger partial charge in [-0.15, -0.1) is 10.2 Å². The fourth-order valence-corrected chi connectivity index (χ4v) is 10.6. The van der Waals surface area contributed by atoms with Crippen molar-refractivity contribution in [1.82, 2.24) is 34.6 Å². The third kappa shape index (κ3) is 8.47. The Bertz CT molecular complexity index is 3870. The number of halogens is 1. The van der Waals surface area contributed by atoms with Gasteiger partial charge in [-0.3, -0.25) is 24.0 Å². The molecule has 0 atom stereocenters. The highest BCUT2D eigenvalue weighted by molar-refractivity contribution is 7.99. The summed E-state index contributed by atoms with van der Waals surface area (Å²) in [5.41, 5.74) is 10.6. The molecule has 0 spiro atoms. The number of para-hydroxylation sites is 3. The van der Waals surface area contributed by atoms with Crippen molar-refractivity contribution in [1.29, 1.82) is 5.26 Å². The molecule has 2 amide bonds. The Labute approximate surface area is 407 Å². The van der Waals surface area contributed by atoms with Crippen LogP contribution in [0.5, 0.6) is 0 Å². The molecule has 5 aromatic carbocycles. The average Bonchev–Trinajstić information content (AvgIpc) is 4.28. The molecule has 348 valence electrons. The number of imidazole rings is 1. The number of fused-ring (bicyclic) bond motifs is 4. The molecule has 0 saturated carbocycles. The Balaban J connectivity index is 0.000000154. The quantitative estimate of drug-likeness (QED) is 0.0971. The predicted octanol–water partition coefficient (Wildman–Crippen LogP) is 9.58. The lowest BCUT2D eigenvalue weighted by Gasteiger charge is -2.15. The van der Waals surface area contributed by atoms with Crippen LogP contribution in [0.1, 0.15) is 28.9 Å². The van der Waals surface area contributed by atoms with Crippen LogP contribution < -0.4 is 15.2 Å². The van der Waals surface area contributed by atoms with Crippen LogP contribution in [0.3, 0.4) is 0 Å². The summed E-state index contributed by atoms with van der Waals surface area (Å²) < 4.78 is 55.4. The normalized spacial score (nSPS) is 13.9. The van der Waals surface area contributed by atoms with Crippen LogP contribution in [0, 0.1) is 17.1 Å². The molecule has 1 fully saturated rings. The molecule has 6 heterocycles. The summed E-state index contributed by atoms with van der Waals surface area (Å²) in [5.74, 6) is -0.473. The number of furan rings is 1. The van der Waals surface area contributed by atoms with Gasteiger partial charge in [-0.25, -0.2) is 32.5 Å². The van der Waals surface area contributed by atoms with Gasteiger partial charge in [-0.1, -0.05) is 66.7 Å². The van der Waals surface area contributed by atoms with Gasteiger partial charge in [0.15, 0.2) is 11.5 Å². The summed E-state index contributed by atoms with van der Waals surface area (Å²) in [5, 5.41) is 22.2. The number of hydrogen-bond donors (Lipinski definition) is 2. The SMILES string of the molecule is N#Cc1c2c(c(Sc3nnc(-c4ccccc4)n3-c3ccccc3)n3c1nc1ccccc13)CCC2.O=C1NN(c2cccc(F)c2)C(=O)/C1=C\c1ccc(-c2ccc(S(=O)(=O)Nc3ncco3)cc2)o1. The highest BCUT2D eigenvalue weighted by Gasteiger charge is 2.35. The molecule has 1 saturated heterocycles. The van der Waals surface area contributed by atoms with E-state index in [-0.39, 0.29) is 27.9 Å². The lowest BCUT2D eigenvalue weighted by molar-refractivity contribution is -0.117. The Kier molecular flexibility index (Phi) is 11.5. The van der Waals surface area contributed by atoms with E-state index in [1.165, 1.54) is 54.4 Å². The predicted molar refractivity (Wildman–Crippen MR) is 262 cm³/mol. The summed E-state index contributed by atoms with van der Waals surface area (Å²) in [6.45, 7) is 0. The zero-order valence-electron chi connectivity index (χ0n) is 36.9. The van der Waals surface area contributed by atoms with Crippen LogP contribution in [0.2, 0.25) is 0 Å². The number of nitrogens with one attached hydrogen (secondary N) is 2. The molecule has 1 aliphatic carbocycles. The second-order valence-electron chi connectivity index (χ2n) is 16.1. The van der Waals surface area contributed by atoms with Gasteiger partial charge in [0.2, 0.25) is 5.16 Å². The van der Waals surface area contributed by atoms with E-state index in [4.69, 9.17) is 13.8 Å². The first kappa shape index (κ1) is 44.4. The number of carbonyl (C=O) groups is 2. The number of rotatable bonds is 10. The molecule has 2 aliphatic rings. The minimum atomic E-state index is -3.89. The average molecular weight is 979 g/mol. The van der Waals surface area contributed by atoms with E-state index in [0.717, 1.165) is 79.8 Å². The smallest absolute Gasteiger partial charge is 0.308 e. The van der Waals surface area contributed by atoms with Crippen molar-refractivity contribution in [3.8, 4) is 34.5 Å². The van der Waals surface area contributed by atoms with Gasteiger partial charge in [-0.2, -0.15) is 5.26 Å². The first-order valence-corrected chi connectivity index (χ1v) is 24.3. The van der Waals surface area contributed by atoms with Crippen LogP contribution in [-0.4, -0.2) is 49.4 Å². The van der Waals surface area contributed by atoms with Crippen LogP contribution in [0.15, 0.2) is 188 Å². The fourth-order valence-electron chi connectivity index (χ4n) is 8.48. The third-order valence-corrected chi connectivity index (χ3v) is 14.1. The summed E-state index contributed by atoms with van der Waals surface area (Å²) in [4.78, 5) is 33.6. The van der Waals surface area contributed by atoms with E-state index in [2.05, 4.69) is 70.7 Å². The molecule has 0 unspecified atom stereocenters. The number of benzene rings is 5. The largest absolute Gasteiger partial charge is 0.457 e. The lowest BCUT2D eigenvalue weighted by atomic mass is 10.1. The van der Waals surface area contributed by atoms with Crippen LogP contribution in [0.25, 0.3) is 51.2 Å². The molecule has 12 rings (SSSR count). The second-order valence-corrected chi connectivity index (χ2v) is 18.7. The second kappa shape index (κ2) is 18.4. The minimum absolute atomic E-state index is 0.0148. The van der Waals surface area contributed by atoms with Crippen molar-refractivity contribution in [2.45, 2.75) is 34.3 Å². The maximum Gasteiger partial charge on any atom is 0.308 e. The van der Waals surface area contributed by atoms with E-state index >= 15 is 0 Å². The first-order chi connectivity index (χ1) is 34.6. The van der Waals surface area contributed by atoms with E-state index in [0.29, 0.717) is 16.9 Å². The highest BCUT2D eigenvalue weighted by atomic mass is 32.2. The van der Waals surface area contributed by atoms with Crippen molar-refractivity contribution < 1.29 is 31.2 Å². The van der Waals surface area contributed by atoms with Gasteiger partial charge in [0.1, 0.15) is 35.2 Å². The number of anilines is 2. The number of aromatic nitrogens is 6. The number of nitriles is 1. The number of hydrazine groups is 1. The molecule has 5 aromatic heterocycles. The zero-order valence-corrected chi connectivity index (χ0v) is 38.6. The summed E-state index contributed by atoms with van der Waals surface area (Å²) in [6.07, 6.45) is 6.69. The maximum absolute atomic E-state index is 13.5. The van der Waals surface area contributed by atoms with Crippen molar-refractivity contribution in [3.63, 3.8) is 0 Å². The molecule has 0 bridgehead atoms. The first-order valence-electron chi connectivity index (χ1n) is 22.0. The molecule has 16 nitrogen and oxygen atoms in total. The van der Waals surface area contributed by atoms with Gasteiger partial charge >= 0.3 is 6.01 Å². The van der Waals surface area contributed by atoms with E-state index < -0.39 is 27.7 Å². The zero-order chi connectivity index (χ0) is 48.6. The summed E-state index contributed by atoms with van der Waals surface area (Å²) in [7, 11) is -3.89. The Hall–Kier alpha value is -9.12. The van der Waals surface area contributed by atoms with Crippen molar-refractivity contribution in [3.05, 3.63) is 192 Å². The van der Waals surface area contributed by atoms with Crippen LogP contribution in [-0.2, 0) is 32.5 Å². The number of nitrogens with zero attached hydrogens (tertiary/aromatic N) is 8. The van der Waals surface area contributed by atoms with Gasteiger partial charge in [0.25, 0.3) is 21.8 Å². The number of amides is 2. The van der Waals surface area contributed by atoms with Crippen molar-refractivity contribution >= 4 is 68.1 Å². The Morgan fingerprint density at radius 2 is 1.56 bits per heavy atom. The summed E-state index contributed by atoms with van der Waals surface area (Å²) >= 11 is 1.60. The molecule has 0 radical (unpaired) electrons. The molecule has 71 heavy (non-hydrogen) atoms. The van der Waals surface area contributed by atoms with Crippen LogP contribution in [0.4, 0.5) is 16.1 Å². The number of hydrogen-bond acceptors (Lipinski definition) is 12. The minimum Gasteiger partial charge on any atom is -0.457 e. The van der Waals surface area contributed by atoms with E-state index in [1.54, 1.807) is 36.0 Å². The fraction of sp³-hybridized carbons (Fsp3) is 0.0577. The maximum atomic E-state index is 13.5. The monoisotopic (exact) mass is 978 g/mol. The standard InChI is InChI=1S/C29H20N6S.C23H15FN4O6S/c30-18-23-21-14-9-15-22(21)28(35-25-17-8-7-16-24(25)31-27(23)35)36-29-33-32-26(19-10-3-1-4-11-19)34(29)20-12-5-2-6-13-20;24-15-2-1-3-16(12-15)28-22(30)19(21(29)26-28)13-17-6-9-20(34-17)14-4-7-18(8-5-14)35(31,32)27-23-25-10-11-33-23/h1-8,10-13,16-17H,9,14-15H2;1-13H,(H,25,27)(H,26,29)/b;19-13-. The molecule has 19 heteroatoms. The molecule has 10 aromatic rings. The van der Waals surface area contributed by atoms with Gasteiger partial charge < -0.3 is 8.83 Å². The van der Waals surface area contributed by atoms with Crippen molar-refractivity contribution in [2.24, 2.45) is 0 Å². The molecular formula is C52H35FN10O6S2. The van der Waals surface area contributed by atoms with E-state index in [1.807, 2.05) is 54.6 Å². The van der Waals surface area contributed by atoms with Gasteiger partial charge in [0, 0.05) is 16.8 Å². The van der Waals surface area contributed by atoms with E-state index in [9.17, 15) is 27.7 Å². The Morgan fingerprint density at radius 3 is 2.32 bits per heavy atom.